The zero-order valence-electron chi connectivity index (χ0n) is 18.6. The van der Waals surface area contributed by atoms with Crippen molar-refractivity contribution >= 4 is 11.4 Å². The maximum absolute atomic E-state index is 13.1. The first kappa shape index (κ1) is 24.1. The van der Waals surface area contributed by atoms with Crippen LogP contribution in [0.4, 0.5) is 5.69 Å². The van der Waals surface area contributed by atoms with Gasteiger partial charge in [-0.1, -0.05) is 18.2 Å². The van der Waals surface area contributed by atoms with E-state index >= 15 is 0 Å². The van der Waals surface area contributed by atoms with Crippen LogP contribution in [0.15, 0.2) is 64.1 Å². The number of para-hydroxylation sites is 1. The summed E-state index contributed by atoms with van der Waals surface area (Å²) in [6, 6.07) is 9.07. The maximum atomic E-state index is 13.1. The van der Waals surface area contributed by atoms with E-state index in [4.69, 9.17) is 9.47 Å². The van der Waals surface area contributed by atoms with Gasteiger partial charge in [0.25, 0.3) is 5.56 Å². The van der Waals surface area contributed by atoms with Gasteiger partial charge in [-0.25, -0.2) is 9.67 Å². The van der Waals surface area contributed by atoms with Gasteiger partial charge in [-0.3, -0.25) is 9.48 Å². The number of hydrogen-bond donors (Lipinski definition) is 5. The Bertz CT molecular complexity index is 1180. The van der Waals surface area contributed by atoms with Crippen LogP contribution < -0.4 is 5.56 Å². The summed E-state index contributed by atoms with van der Waals surface area (Å²) in [7, 11) is 1.73. The minimum atomic E-state index is -1.59. The van der Waals surface area contributed by atoms with Crippen LogP contribution in [-0.2, 0) is 16.5 Å². The fraction of sp³-hybridized carbons (Fsp3) is 0.391. The second kappa shape index (κ2) is 9.66. The zero-order valence-corrected chi connectivity index (χ0v) is 18.6. The smallest absolute Gasteiger partial charge is 0.297 e. The van der Waals surface area contributed by atoms with Crippen LogP contribution in [0, 0.1) is 6.92 Å². The summed E-state index contributed by atoms with van der Waals surface area (Å²) in [5, 5.41) is 49.8. The van der Waals surface area contributed by atoms with Crippen molar-refractivity contribution in [2.24, 2.45) is 12.0 Å². The standard InChI is InChI=1S/C23H27N3O8/c1-12-18(22(32)26(25(12)2)13-6-4-3-5-7-13)24-15-10-14(8-9-16(15)28)33-23-21(31)20(30)19(29)17(11-27)34-23/h3-10,16-17,19-21,23,27-31H,11H2,1-2H3. The zero-order chi connectivity index (χ0) is 24.6. The van der Waals surface area contributed by atoms with Crippen molar-refractivity contribution in [1.82, 2.24) is 9.36 Å². The Kier molecular flexibility index (Phi) is 6.84. The van der Waals surface area contributed by atoms with E-state index in [2.05, 4.69) is 4.99 Å². The van der Waals surface area contributed by atoms with Crippen molar-refractivity contribution in [2.45, 2.75) is 43.7 Å². The highest BCUT2D eigenvalue weighted by Crippen LogP contribution is 2.26. The first-order valence-electron chi connectivity index (χ1n) is 10.7. The molecule has 1 fully saturated rings. The highest BCUT2D eigenvalue weighted by Gasteiger charge is 2.44. The van der Waals surface area contributed by atoms with Gasteiger partial charge in [0.2, 0.25) is 6.29 Å². The molecule has 0 saturated carbocycles. The molecule has 0 radical (unpaired) electrons. The van der Waals surface area contributed by atoms with Crippen molar-refractivity contribution in [3.8, 4) is 5.69 Å². The predicted octanol–water partition coefficient (Wildman–Crippen LogP) is -0.812. The second-order valence-electron chi connectivity index (χ2n) is 8.11. The molecule has 6 atom stereocenters. The molecule has 1 aromatic carbocycles. The summed E-state index contributed by atoms with van der Waals surface area (Å²) >= 11 is 0. The SMILES string of the molecule is Cc1c(N=C2C=C(OC3OC(CO)C(O)C(O)C3O)C=CC2O)c(=O)n(-c2ccccc2)n1C. The van der Waals surface area contributed by atoms with E-state index in [1.807, 2.05) is 18.2 Å². The van der Waals surface area contributed by atoms with Crippen LogP contribution in [0.25, 0.3) is 5.69 Å². The average Bonchev–Trinajstić information content (AvgIpc) is 3.05. The van der Waals surface area contributed by atoms with E-state index in [1.165, 1.54) is 22.9 Å². The lowest BCUT2D eigenvalue weighted by Gasteiger charge is -2.39. The number of aliphatic hydroxyl groups is 5. The Morgan fingerprint density at radius 1 is 1.09 bits per heavy atom. The topological polar surface area (TPSA) is 159 Å². The van der Waals surface area contributed by atoms with Gasteiger partial charge in [-0.15, -0.1) is 0 Å². The van der Waals surface area contributed by atoms with E-state index in [0.29, 0.717) is 11.4 Å². The van der Waals surface area contributed by atoms with Crippen LogP contribution in [-0.4, -0.2) is 84.0 Å². The summed E-state index contributed by atoms with van der Waals surface area (Å²) in [5.41, 5.74) is 1.13. The molecule has 0 amide bonds. The van der Waals surface area contributed by atoms with Gasteiger partial charge in [0.1, 0.15) is 36.3 Å². The van der Waals surface area contributed by atoms with Crippen LogP contribution in [0.2, 0.25) is 0 Å². The highest BCUT2D eigenvalue weighted by molar-refractivity contribution is 6.03. The Morgan fingerprint density at radius 2 is 1.79 bits per heavy atom. The van der Waals surface area contributed by atoms with Gasteiger partial charge in [-0.2, -0.15) is 0 Å². The van der Waals surface area contributed by atoms with Gasteiger partial charge >= 0.3 is 0 Å². The molecule has 1 saturated heterocycles. The summed E-state index contributed by atoms with van der Waals surface area (Å²) in [6.45, 7) is 1.15. The monoisotopic (exact) mass is 473 g/mol. The largest absolute Gasteiger partial charge is 0.462 e. The first-order chi connectivity index (χ1) is 16.2. The Hall–Kier alpha value is -3.06. The molecule has 11 nitrogen and oxygen atoms in total. The molecule has 1 aromatic heterocycles. The van der Waals surface area contributed by atoms with Crippen molar-refractivity contribution < 1.29 is 35.0 Å². The maximum Gasteiger partial charge on any atom is 0.297 e. The Balaban J connectivity index is 1.64. The number of aliphatic imine (C=N–C) groups is 1. The molecule has 2 heterocycles. The van der Waals surface area contributed by atoms with Crippen LogP contribution >= 0.6 is 0 Å². The molecule has 6 unspecified atom stereocenters. The lowest BCUT2D eigenvalue weighted by Crippen LogP contribution is -2.59. The molecule has 34 heavy (non-hydrogen) atoms. The molecule has 11 heteroatoms. The van der Waals surface area contributed by atoms with Gasteiger partial charge in [0.05, 0.1) is 23.7 Å². The highest BCUT2D eigenvalue weighted by atomic mass is 16.7. The second-order valence-corrected chi connectivity index (χ2v) is 8.11. The van der Waals surface area contributed by atoms with Gasteiger partial charge in [0.15, 0.2) is 5.69 Å². The molecule has 1 aliphatic carbocycles. The molecule has 5 N–H and O–H groups in total. The van der Waals surface area contributed by atoms with Crippen LogP contribution in [0.3, 0.4) is 0 Å². The normalized spacial score (nSPS) is 30.4. The van der Waals surface area contributed by atoms with E-state index in [9.17, 15) is 30.3 Å². The minimum Gasteiger partial charge on any atom is -0.462 e. The number of ether oxygens (including phenoxy) is 2. The molecular formula is C23H27N3O8. The molecular weight excluding hydrogens is 446 g/mol. The lowest BCUT2D eigenvalue weighted by atomic mass is 9.99. The number of nitrogens with zero attached hydrogens (tertiary/aromatic N) is 3. The lowest BCUT2D eigenvalue weighted by molar-refractivity contribution is -0.290. The number of aliphatic hydroxyl groups excluding tert-OH is 5. The molecule has 2 aromatic rings. The van der Waals surface area contributed by atoms with Crippen molar-refractivity contribution in [1.29, 1.82) is 0 Å². The third-order valence-electron chi connectivity index (χ3n) is 5.90. The van der Waals surface area contributed by atoms with Crippen LogP contribution in [0.5, 0.6) is 0 Å². The van der Waals surface area contributed by atoms with E-state index < -0.39 is 43.4 Å². The molecule has 2 aliphatic rings. The van der Waals surface area contributed by atoms with Crippen LogP contribution in [0.1, 0.15) is 5.69 Å². The summed E-state index contributed by atoms with van der Waals surface area (Å²) < 4.78 is 14.1. The number of aromatic nitrogens is 2. The fourth-order valence-corrected chi connectivity index (χ4v) is 3.85. The molecule has 0 spiro atoms. The van der Waals surface area contributed by atoms with Crippen molar-refractivity contribution in [2.75, 3.05) is 6.61 Å². The molecule has 1 aliphatic heterocycles. The number of allylic oxidation sites excluding steroid dienone is 1. The molecule has 0 bridgehead atoms. The van der Waals surface area contributed by atoms with Gasteiger partial charge in [-0.05, 0) is 31.2 Å². The quantitative estimate of drug-likeness (QED) is 0.377. The van der Waals surface area contributed by atoms with Gasteiger partial charge < -0.3 is 35.0 Å². The summed E-state index contributed by atoms with van der Waals surface area (Å²) in [5.74, 6) is 0.130. The Labute approximate surface area is 194 Å². The van der Waals surface area contributed by atoms with Gasteiger partial charge in [0, 0.05) is 13.1 Å². The summed E-state index contributed by atoms with van der Waals surface area (Å²) in [6.07, 6.45) is -4.15. The Morgan fingerprint density at radius 3 is 2.47 bits per heavy atom. The van der Waals surface area contributed by atoms with E-state index in [0.717, 1.165) is 0 Å². The summed E-state index contributed by atoms with van der Waals surface area (Å²) in [4.78, 5) is 17.5. The van der Waals surface area contributed by atoms with Crippen molar-refractivity contribution in [3.63, 3.8) is 0 Å². The molecule has 182 valence electrons. The fourth-order valence-electron chi connectivity index (χ4n) is 3.85. The minimum absolute atomic E-state index is 0.119. The first-order valence-corrected chi connectivity index (χ1v) is 10.7. The predicted molar refractivity (Wildman–Crippen MR) is 121 cm³/mol. The third kappa shape index (κ3) is 4.37. The van der Waals surface area contributed by atoms with E-state index in [1.54, 1.807) is 30.8 Å². The van der Waals surface area contributed by atoms with Crippen molar-refractivity contribution in [3.05, 3.63) is 70.4 Å². The van der Waals surface area contributed by atoms with E-state index in [-0.39, 0.29) is 22.7 Å². The number of hydrogen-bond acceptors (Lipinski definition) is 9. The third-order valence-corrected chi connectivity index (χ3v) is 5.90. The number of benzene rings is 1. The average molecular weight is 473 g/mol. The molecule has 4 rings (SSSR count). The number of rotatable bonds is 5.